The predicted octanol–water partition coefficient (Wildman–Crippen LogP) is 1.76. The van der Waals surface area contributed by atoms with Crippen LogP contribution in [0.3, 0.4) is 0 Å². The molecule has 3 nitrogen and oxygen atoms in total. The van der Waals surface area contributed by atoms with Crippen LogP contribution >= 0.6 is 11.8 Å². The van der Waals surface area contributed by atoms with Crippen LogP contribution in [0.25, 0.3) is 0 Å². The van der Waals surface area contributed by atoms with Gasteiger partial charge in [0.25, 0.3) is 0 Å². The maximum Gasteiger partial charge on any atom is 0.228 e. The number of benzene rings is 1. The largest absolute Gasteiger partial charge is 0.391 e. The summed E-state index contributed by atoms with van der Waals surface area (Å²) in [5, 5.41) is 12.6. The minimum atomic E-state index is -0.363. The lowest BCUT2D eigenvalue weighted by Gasteiger charge is -2.14. The SMILES string of the molecule is O=C(NCC(O)C1CC1)C1CSc2ccccc21. The molecule has 2 unspecified atom stereocenters. The van der Waals surface area contributed by atoms with Crippen molar-refractivity contribution >= 4 is 17.7 Å². The molecule has 1 fully saturated rings. The summed E-state index contributed by atoms with van der Waals surface area (Å²) >= 11 is 1.73. The fraction of sp³-hybridized carbons (Fsp3) is 0.500. The van der Waals surface area contributed by atoms with Gasteiger partial charge in [-0.05, 0) is 30.4 Å². The first-order chi connectivity index (χ1) is 8.75. The number of hydrogen-bond donors (Lipinski definition) is 2. The number of aliphatic hydroxyl groups excluding tert-OH is 1. The predicted molar refractivity (Wildman–Crippen MR) is 71.6 cm³/mol. The zero-order valence-corrected chi connectivity index (χ0v) is 11.0. The van der Waals surface area contributed by atoms with Crippen molar-refractivity contribution in [3.63, 3.8) is 0 Å². The Balaban J connectivity index is 1.60. The molecule has 4 heteroatoms. The van der Waals surface area contributed by atoms with Crippen LogP contribution in [0.1, 0.15) is 24.3 Å². The summed E-state index contributed by atoms with van der Waals surface area (Å²) in [6.07, 6.45) is 1.83. The molecule has 1 saturated carbocycles. The zero-order valence-electron chi connectivity index (χ0n) is 10.1. The zero-order chi connectivity index (χ0) is 12.5. The summed E-state index contributed by atoms with van der Waals surface area (Å²) in [5.41, 5.74) is 1.13. The van der Waals surface area contributed by atoms with E-state index in [0.29, 0.717) is 12.5 Å². The van der Waals surface area contributed by atoms with Gasteiger partial charge in [0.05, 0.1) is 12.0 Å². The van der Waals surface area contributed by atoms with Crippen molar-refractivity contribution in [2.45, 2.75) is 29.8 Å². The molecule has 0 radical (unpaired) electrons. The van der Waals surface area contributed by atoms with Gasteiger partial charge in [-0.15, -0.1) is 11.8 Å². The highest BCUT2D eigenvalue weighted by Crippen LogP contribution is 2.39. The Kier molecular flexibility index (Phi) is 3.31. The fourth-order valence-corrected chi connectivity index (χ4v) is 3.58. The third kappa shape index (κ3) is 2.40. The first-order valence-electron chi connectivity index (χ1n) is 6.43. The second kappa shape index (κ2) is 4.94. The van der Waals surface area contributed by atoms with E-state index in [4.69, 9.17) is 0 Å². The quantitative estimate of drug-likeness (QED) is 0.870. The number of nitrogens with one attached hydrogen (secondary N) is 1. The summed E-state index contributed by atoms with van der Waals surface area (Å²) in [5.74, 6) is 1.21. The van der Waals surface area contributed by atoms with Gasteiger partial charge in [-0.1, -0.05) is 18.2 Å². The van der Waals surface area contributed by atoms with Crippen molar-refractivity contribution < 1.29 is 9.90 Å². The highest BCUT2D eigenvalue weighted by Gasteiger charge is 2.32. The van der Waals surface area contributed by atoms with Crippen LogP contribution < -0.4 is 5.32 Å². The maximum absolute atomic E-state index is 12.1. The Morgan fingerprint density at radius 3 is 3.00 bits per heavy atom. The molecule has 0 bridgehead atoms. The van der Waals surface area contributed by atoms with E-state index >= 15 is 0 Å². The molecule has 2 atom stereocenters. The molecule has 0 aromatic heterocycles. The molecule has 96 valence electrons. The lowest BCUT2D eigenvalue weighted by Crippen LogP contribution is -2.36. The number of amides is 1. The average Bonchev–Trinajstić information content (AvgIpc) is 3.15. The molecule has 1 aliphatic carbocycles. The second-order valence-electron chi connectivity index (χ2n) is 5.05. The first-order valence-corrected chi connectivity index (χ1v) is 7.42. The van der Waals surface area contributed by atoms with E-state index in [1.807, 2.05) is 18.2 Å². The average molecular weight is 263 g/mol. The Hall–Kier alpha value is -1.00. The van der Waals surface area contributed by atoms with Gasteiger partial charge in [-0.3, -0.25) is 4.79 Å². The first kappa shape index (κ1) is 12.1. The number of fused-ring (bicyclic) bond motifs is 1. The molecular formula is C14H17NO2S. The highest BCUT2D eigenvalue weighted by atomic mass is 32.2. The van der Waals surface area contributed by atoms with Crippen molar-refractivity contribution in [3.8, 4) is 0 Å². The molecule has 0 spiro atoms. The molecule has 1 heterocycles. The third-order valence-corrected chi connectivity index (χ3v) is 4.85. The standard InChI is InChI=1S/C14H17NO2S/c16-12(9-5-6-9)7-15-14(17)11-8-18-13-4-2-1-3-10(11)13/h1-4,9,11-12,16H,5-8H2,(H,15,17). The molecule has 18 heavy (non-hydrogen) atoms. The topological polar surface area (TPSA) is 49.3 Å². The van der Waals surface area contributed by atoms with Crippen LogP contribution in [0.4, 0.5) is 0 Å². The van der Waals surface area contributed by atoms with Crippen LogP contribution in [0, 0.1) is 5.92 Å². The Labute approximate surface area is 111 Å². The van der Waals surface area contributed by atoms with Gasteiger partial charge in [0.1, 0.15) is 0 Å². The van der Waals surface area contributed by atoms with E-state index in [1.165, 1.54) is 4.90 Å². The van der Waals surface area contributed by atoms with Crippen molar-refractivity contribution in [2.24, 2.45) is 5.92 Å². The maximum atomic E-state index is 12.1. The molecule has 1 amide bonds. The Morgan fingerprint density at radius 2 is 2.22 bits per heavy atom. The molecule has 0 saturated heterocycles. The minimum Gasteiger partial charge on any atom is -0.391 e. The molecule has 2 aliphatic rings. The highest BCUT2D eigenvalue weighted by molar-refractivity contribution is 7.99. The molecule has 1 aliphatic heterocycles. The van der Waals surface area contributed by atoms with E-state index in [1.54, 1.807) is 11.8 Å². The van der Waals surface area contributed by atoms with Crippen molar-refractivity contribution in [3.05, 3.63) is 29.8 Å². The molecular weight excluding hydrogens is 246 g/mol. The lowest BCUT2D eigenvalue weighted by molar-refractivity contribution is -0.122. The van der Waals surface area contributed by atoms with Crippen molar-refractivity contribution in [1.29, 1.82) is 0 Å². The van der Waals surface area contributed by atoms with Gasteiger partial charge in [0.15, 0.2) is 0 Å². The summed E-state index contributed by atoms with van der Waals surface area (Å²) in [7, 11) is 0. The monoisotopic (exact) mass is 263 g/mol. The fourth-order valence-electron chi connectivity index (χ4n) is 2.36. The number of carbonyl (C=O) groups excluding carboxylic acids is 1. The number of thioether (sulfide) groups is 1. The van der Waals surface area contributed by atoms with E-state index in [0.717, 1.165) is 24.2 Å². The van der Waals surface area contributed by atoms with Crippen LogP contribution in [0.5, 0.6) is 0 Å². The summed E-state index contributed by atoms with van der Waals surface area (Å²) in [6, 6.07) is 8.07. The van der Waals surface area contributed by atoms with Gasteiger partial charge in [0, 0.05) is 17.2 Å². The number of hydrogen-bond acceptors (Lipinski definition) is 3. The summed E-state index contributed by atoms with van der Waals surface area (Å²) < 4.78 is 0. The number of aliphatic hydroxyl groups is 1. The van der Waals surface area contributed by atoms with Crippen LogP contribution in [0.15, 0.2) is 29.2 Å². The van der Waals surface area contributed by atoms with Crippen molar-refractivity contribution in [1.82, 2.24) is 5.32 Å². The smallest absolute Gasteiger partial charge is 0.228 e. The lowest BCUT2D eigenvalue weighted by atomic mass is 10.0. The summed E-state index contributed by atoms with van der Waals surface area (Å²) in [6.45, 7) is 0.396. The van der Waals surface area contributed by atoms with Gasteiger partial charge < -0.3 is 10.4 Å². The molecule has 1 aromatic rings. The van der Waals surface area contributed by atoms with E-state index < -0.39 is 0 Å². The van der Waals surface area contributed by atoms with Gasteiger partial charge >= 0.3 is 0 Å². The third-order valence-electron chi connectivity index (χ3n) is 3.67. The Morgan fingerprint density at radius 1 is 1.44 bits per heavy atom. The van der Waals surface area contributed by atoms with Crippen molar-refractivity contribution in [2.75, 3.05) is 12.3 Å². The normalized spacial score (nSPS) is 23.5. The van der Waals surface area contributed by atoms with E-state index in [9.17, 15) is 9.90 Å². The second-order valence-corrected chi connectivity index (χ2v) is 6.11. The van der Waals surface area contributed by atoms with Crippen LogP contribution in [-0.2, 0) is 4.79 Å². The van der Waals surface area contributed by atoms with Crippen LogP contribution in [-0.4, -0.2) is 29.4 Å². The minimum absolute atomic E-state index is 0.0483. The molecule has 3 rings (SSSR count). The Bertz CT molecular complexity index is 459. The van der Waals surface area contributed by atoms with E-state index in [2.05, 4.69) is 11.4 Å². The van der Waals surface area contributed by atoms with Gasteiger partial charge in [-0.25, -0.2) is 0 Å². The molecule has 2 N–H and O–H groups in total. The number of rotatable bonds is 4. The van der Waals surface area contributed by atoms with Gasteiger partial charge in [0.2, 0.25) is 5.91 Å². The molecule has 1 aromatic carbocycles. The number of carbonyl (C=O) groups is 1. The summed E-state index contributed by atoms with van der Waals surface area (Å²) in [4.78, 5) is 13.3. The van der Waals surface area contributed by atoms with Crippen LogP contribution in [0.2, 0.25) is 0 Å². The van der Waals surface area contributed by atoms with Gasteiger partial charge in [-0.2, -0.15) is 0 Å². The van der Waals surface area contributed by atoms with E-state index in [-0.39, 0.29) is 17.9 Å².